The number of carbonyl (C=O) groups excluding carboxylic acids is 1. The second-order valence-corrected chi connectivity index (χ2v) is 9.40. The molecule has 0 bridgehead atoms. The number of piperidine rings is 1. The molecule has 4 rings (SSSR count). The Morgan fingerprint density at radius 3 is 2.68 bits per heavy atom. The highest BCUT2D eigenvalue weighted by Gasteiger charge is 2.47. The molecule has 0 spiro atoms. The van der Waals surface area contributed by atoms with E-state index in [4.69, 9.17) is 4.74 Å². The SMILES string of the molecule is CC(C(=O)Nc1ccc(OCC2CC2)nn1)N1CCC(F)(F)C(c2c[nH]c(=O)c([C@@H](O)C(F)(F)F)c2)C1. The molecule has 1 aliphatic carbocycles. The highest BCUT2D eigenvalue weighted by molar-refractivity contribution is 5.93. The third-order valence-electron chi connectivity index (χ3n) is 6.60. The van der Waals surface area contributed by atoms with Gasteiger partial charge in [-0.2, -0.15) is 13.2 Å². The topological polar surface area (TPSA) is 120 Å². The van der Waals surface area contributed by atoms with Gasteiger partial charge in [0.05, 0.1) is 24.1 Å². The summed E-state index contributed by atoms with van der Waals surface area (Å²) < 4.78 is 74.0. The van der Waals surface area contributed by atoms with E-state index in [9.17, 15) is 36.6 Å². The third kappa shape index (κ3) is 6.42. The summed E-state index contributed by atoms with van der Waals surface area (Å²) >= 11 is 0. The van der Waals surface area contributed by atoms with Crippen LogP contribution in [0.5, 0.6) is 5.88 Å². The maximum Gasteiger partial charge on any atom is 0.418 e. The number of pyridine rings is 1. The monoisotopic (exact) mass is 531 g/mol. The average molecular weight is 531 g/mol. The standard InChI is InChI=1S/C23H26F5N5O4/c1-12(20(35)30-17-4-5-18(32-31-17)37-11-13-2-3-13)33-7-6-22(24,25)16(10-33)14-8-15(21(36)29-9-14)19(34)23(26,27)28/h4-5,8-9,12-13,16,19,34H,2-3,6-7,10-11H2,1H3,(H,29,36)(H,30,31,35)/t12?,16?,19-/m1/s1. The molecule has 3 atom stereocenters. The lowest BCUT2D eigenvalue weighted by molar-refractivity contribution is -0.207. The maximum absolute atomic E-state index is 14.8. The predicted octanol–water partition coefficient (Wildman–Crippen LogP) is 3.00. The number of hydrogen-bond donors (Lipinski definition) is 3. The number of aliphatic hydroxyl groups is 1. The number of nitrogens with one attached hydrogen (secondary N) is 2. The molecule has 2 aromatic heterocycles. The molecule has 3 N–H and O–H groups in total. The molecule has 0 radical (unpaired) electrons. The zero-order valence-electron chi connectivity index (χ0n) is 19.8. The number of amides is 1. The molecule has 1 saturated carbocycles. The van der Waals surface area contributed by atoms with Gasteiger partial charge < -0.3 is 20.1 Å². The van der Waals surface area contributed by atoms with Crippen molar-refractivity contribution in [2.45, 2.75) is 56.3 Å². The van der Waals surface area contributed by atoms with Gasteiger partial charge in [0.1, 0.15) is 0 Å². The van der Waals surface area contributed by atoms with Gasteiger partial charge in [0.15, 0.2) is 11.9 Å². The van der Waals surface area contributed by atoms with Crippen molar-refractivity contribution in [2.75, 3.05) is 25.0 Å². The first-order valence-electron chi connectivity index (χ1n) is 11.7. The van der Waals surface area contributed by atoms with Crippen LogP contribution in [0.1, 0.15) is 49.3 Å². The van der Waals surface area contributed by atoms with E-state index < -0.39 is 53.6 Å². The molecular formula is C23H26F5N5O4. The Morgan fingerprint density at radius 1 is 1.32 bits per heavy atom. The van der Waals surface area contributed by atoms with Crippen molar-refractivity contribution in [1.29, 1.82) is 0 Å². The average Bonchev–Trinajstić information content (AvgIpc) is 3.67. The fourth-order valence-electron chi connectivity index (χ4n) is 4.07. The highest BCUT2D eigenvalue weighted by atomic mass is 19.4. The van der Waals surface area contributed by atoms with Crippen molar-refractivity contribution in [3.05, 3.63) is 45.9 Å². The van der Waals surface area contributed by atoms with Crippen LogP contribution >= 0.6 is 0 Å². The second kappa shape index (κ2) is 10.3. The smallest absolute Gasteiger partial charge is 0.418 e. The quantitative estimate of drug-likeness (QED) is 0.448. The molecule has 2 aliphatic rings. The number of ether oxygens (including phenoxy) is 1. The van der Waals surface area contributed by atoms with Crippen molar-refractivity contribution in [3.8, 4) is 5.88 Å². The zero-order valence-corrected chi connectivity index (χ0v) is 19.8. The summed E-state index contributed by atoms with van der Waals surface area (Å²) in [6.07, 6.45) is -5.81. The fraction of sp³-hybridized carbons (Fsp3) is 0.565. The number of carbonyl (C=O) groups is 1. The number of alkyl halides is 5. The summed E-state index contributed by atoms with van der Waals surface area (Å²) in [6, 6.07) is 2.80. The summed E-state index contributed by atoms with van der Waals surface area (Å²) in [5, 5.41) is 19.8. The number of anilines is 1. The predicted molar refractivity (Wildman–Crippen MR) is 120 cm³/mol. The van der Waals surface area contributed by atoms with Crippen LogP contribution in [0, 0.1) is 5.92 Å². The number of aliphatic hydroxyl groups excluding tert-OH is 1. The van der Waals surface area contributed by atoms with Gasteiger partial charge in [0.25, 0.3) is 11.5 Å². The lowest BCUT2D eigenvalue weighted by Crippen LogP contribution is -2.52. The number of H-pyrrole nitrogens is 1. The highest BCUT2D eigenvalue weighted by Crippen LogP contribution is 2.41. The third-order valence-corrected chi connectivity index (χ3v) is 6.60. The molecule has 37 heavy (non-hydrogen) atoms. The van der Waals surface area contributed by atoms with Crippen molar-refractivity contribution in [1.82, 2.24) is 20.1 Å². The summed E-state index contributed by atoms with van der Waals surface area (Å²) in [4.78, 5) is 28.1. The normalized spacial score (nSPS) is 21.8. The number of nitrogens with zero attached hydrogens (tertiary/aromatic N) is 3. The number of rotatable bonds is 8. The van der Waals surface area contributed by atoms with Crippen LogP contribution in [-0.4, -0.2) is 68.9 Å². The van der Waals surface area contributed by atoms with Gasteiger partial charge >= 0.3 is 6.18 Å². The van der Waals surface area contributed by atoms with E-state index in [1.807, 2.05) is 4.98 Å². The van der Waals surface area contributed by atoms with Crippen LogP contribution in [0.4, 0.5) is 27.8 Å². The zero-order chi connectivity index (χ0) is 27.0. The first-order chi connectivity index (χ1) is 17.3. The van der Waals surface area contributed by atoms with Crippen LogP contribution in [0.15, 0.2) is 29.2 Å². The Morgan fingerprint density at radius 2 is 2.05 bits per heavy atom. The number of likely N-dealkylation sites (tertiary alicyclic amines) is 1. The molecule has 2 aromatic rings. The summed E-state index contributed by atoms with van der Waals surface area (Å²) in [6.45, 7) is 1.51. The number of hydrogen-bond acceptors (Lipinski definition) is 7. The van der Waals surface area contributed by atoms with Crippen LogP contribution < -0.4 is 15.6 Å². The molecule has 202 valence electrons. The first kappa shape index (κ1) is 26.9. The minimum atomic E-state index is -5.15. The Bertz CT molecular complexity index is 1170. The van der Waals surface area contributed by atoms with Crippen molar-refractivity contribution in [3.63, 3.8) is 0 Å². The molecule has 2 fully saturated rings. The molecule has 0 aromatic carbocycles. The maximum atomic E-state index is 14.8. The second-order valence-electron chi connectivity index (χ2n) is 9.40. The van der Waals surface area contributed by atoms with Crippen molar-refractivity contribution >= 4 is 11.7 Å². The minimum absolute atomic E-state index is 0.140. The van der Waals surface area contributed by atoms with Gasteiger partial charge in [-0.25, -0.2) is 8.78 Å². The Hall–Kier alpha value is -3.13. The number of halogens is 5. The Kier molecular flexibility index (Phi) is 7.51. The molecule has 14 heteroatoms. The molecule has 9 nitrogen and oxygen atoms in total. The summed E-state index contributed by atoms with van der Waals surface area (Å²) in [5.74, 6) is -4.52. The van der Waals surface area contributed by atoms with Gasteiger partial charge in [0, 0.05) is 31.8 Å². The van der Waals surface area contributed by atoms with Gasteiger partial charge in [-0.15, -0.1) is 10.2 Å². The van der Waals surface area contributed by atoms with Crippen molar-refractivity contribution < 1.29 is 36.6 Å². The molecular weight excluding hydrogens is 505 g/mol. The first-order valence-corrected chi connectivity index (χ1v) is 11.7. The summed E-state index contributed by atoms with van der Waals surface area (Å²) in [5.41, 5.74) is -2.60. The van der Waals surface area contributed by atoms with Crippen LogP contribution in [0.3, 0.4) is 0 Å². The van der Waals surface area contributed by atoms with E-state index in [2.05, 4.69) is 15.5 Å². The lowest BCUT2D eigenvalue weighted by Gasteiger charge is -2.40. The van der Waals surface area contributed by atoms with Crippen LogP contribution in [0.2, 0.25) is 0 Å². The minimum Gasteiger partial charge on any atom is -0.476 e. The Labute approximate surface area is 208 Å². The number of aromatic nitrogens is 3. The van der Waals surface area contributed by atoms with Gasteiger partial charge in [-0.3, -0.25) is 14.5 Å². The van der Waals surface area contributed by atoms with Crippen molar-refractivity contribution in [2.24, 2.45) is 5.92 Å². The Balaban J connectivity index is 1.44. The van der Waals surface area contributed by atoms with E-state index in [1.54, 1.807) is 6.07 Å². The molecule has 3 heterocycles. The van der Waals surface area contributed by atoms with E-state index in [1.165, 1.54) is 17.9 Å². The van der Waals surface area contributed by atoms with E-state index in [0.29, 0.717) is 24.5 Å². The van der Waals surface area contributed by atoms with E-state index in [0.717, 1.165) is 19.0 Å². The van der Waals surface area contributed by atoms with Gasteiger partial charge in [-0.1, -0.05) is 0 Å². The van der Waals surface area contributed by atoms with Crippen LogP contribution in [-0.2, 0) is 4.79 Å². The lowest BCUT2D eigenvalue weighted by atomic mass is 9.86. The molecule has 1 aliphatic heterocycles. The summed E-state index contributed by atoms with van der Waals surface area (Å²) in [7, 11) is 0. The molecule has 2 unspecified atom stereocenters. The number of aromatic amines is 1. The van der Waals surface area contributed by atoms with E-state index >= 15 is 0 Å². The van der Waals surface area contributed by atoms with Crippen LogP contribution in [0.25, 0.3) is 0 Å². The molecule has 1 saturated heterocycles. The van der Waals surface area contributed by atoms with E-state index in [-0.39, 0.29) is 24.5 Å². The molecule has 1 amide bonds. The van der Waals surface area contributed by atoms with Gasteiger partial charge in [-0.05, 0) is 43.4 Å². The van der Waals surface area contributed by atoms with Gasteiger partial charge in [0.2, 0.25) is 11.8 Å². The fourth-order valence-corrected chi connectivity index (χ4v) is 4.07. The largest absolute Gasteiger partial charge is 0.476 e.